The van der Waals surface area contributed by atoms with E-state index in [0.29, 0.717) is 0 Å². The van der Waals surface area contributed by atoms with Crippen LogP contribution in [0.4, 0.5) is 0 Å². The predicted molar refractivity (Wildman–Crippen MR) is 124 cm³/mol. The first-order valence-corrected chi connectivity index (χ1v) is 11.1. The average molecular weight is 421 g/mol. The molecule has 1 amide bonds. The van der Waals surface area contributed by atoms with E-state index in [9.17, 15) is 4.79 Å². The van der Waals surface area contributed by atoms with Gasteiger partial charge in [-0.15, -0.1) is 0 Å². The second kappa shape index (κ2) is 9.15. The van der Waals surface area contributed by atoms with E-state index < -0.39 is 0 Å². The number of aryl methyl sites for hydroxylation is 1. The Kier molecular flexibility index (Phi) is 6.33. The topological polar surface area (TPSA) is 45.9 Å². The zero-order valence-electron chi connectivity index (χ0n) is 19.0. The summed E-state index contributed by atoms with van der Waals surface area (Å²) in [4.78, 5) is 17.2. The van der Waals surface area contributed by atoms with Gasteiger partial charge in [-0.2, -0.15) is 0 Å². The third-order valence-electron chi connectivity index (χ3n) is 6.61. The Bertz CT molecular complexity index is 1090. The van der Waals surface area contributed by atoms with Crippen molar-refractivity contribution in [3.63, 3.8) is 0 Å². The van der Waals surface area contributed by atoms with Crippen molar-refractivity contribution in [1.29, 1.82) is 0 Å². The maximum Gasteiger partial charge on any atom is 0.254 e. The van der Waals surface area contributed by atoms with Gasteiger partial charge < -0.3 is 19.0 Å². The number of likely N-dealkylation sites (N-methyl/N-ethyl adjacent to an activating group) is 1. The third-order valence-corrected chi connectivity index (χ3v) is 6.61. The maximum absolute atomic E-state index is 12.9. The van der Waals surface area contributed by atoms with Gasteiger partial charge in [-0.1, -0.05) is 6.07 Å². The third kappa shape index (κ3) is 4.47. The minimum atomic E-state index is 0.187. The van der Waals surface area contributed by atoms with Crippen molar-refractivity contribution >= 4 is 16.9 Å². The van der Waals surface area contributed by atoms with Crippen LogP contribution in [0, 0.1) is 13.8 Å². The van der Waals surface area contributed by atoms with Crippen molar-refractivity contribution in [2.24, 2.45) is 0 Å². The van der Waals surface area contributed by atoms with Crippen LogP contribution < -0.4 is 4.74 Å². The summed E-state index contributed by atoms with van der Waals surface area (Å²) in [5, 5.41) is 1.15. The molecule has 0 spiro atoms. The Morgan fingerprint density at radius 2 is 2.00 bits per heavy atom. The van der Waals surface area contributed by atoms with Gasteiger partial charge in [0.2, 0.25) is 0 Å². The van der Waals surface area contributed by atoms with Gasteiger partial charge in [-0.25, -0.2) is 0 Å². The van der Waals surface area contributed by atoms with Crippen molar-refractivity contribution in [2.75, 3.05) is 40.3 Å². The van der Waals surface area contributed by atoms with E-state index in [-0.39, 0.29) is 5.91 Å². The fourth-order valence-electron chi connectivity index (χ4n) is 4.47. The predicted octanol–water partition coefficient (Wildman–Crippen LogP) is 4.62. The van der Waals surface area contributed by atoms with Gasteiger partial charge in [-0.3, -0.25) is 4.79 Å². The minimum absolute atomic E-state index is 0.187. The number of fused-ring (bicyclic) bond motifs is 2. The quantitative estimate of drug-likeness (QED) is 0.533. The molecule has 1 aliphatic rings. The number of hydrogen-bond donors (Lipinski definition) is 0. The van der Waals surface area contributed by atoms with Crippen LogP contribution in [0.1, 0.15) is 39.0 Å². The van der Waals surface area contributed by atoms with E-state index in [1.807, 2.05) is 29.4 Å². The highest BCUT2D eigenvalue weighted by atomic mass is 16.5. The van der Waals surface area contributed by atoms with Gasteiger partial charge in [0.1, 0.15) is 11.3 Å². The molecule has 0 N–H and O–H groups in total. The zero-order chi connectivity index (χ0) is 22.0. The molecule has 4 rings (SSSR count). The average Bonchev–Trinajstić information content (AvgIpc) is 3.18. The molecule has 0 bridgehead atoms. The molecular formula is C26H32N2O3. The molecule has 0 unspecified atom stereocenters. The first kappa shape index (κ1) is 21.4. The van der Waals surface area contributed by atoms with E-state index in [1.54, 1.807) is 7.11 Å². The van der Waals surface area contributed by atoms with Gasteiger partial charge in [0.15, 0.2) is 0 Å². The molecule has 0 aliphatic carbocycles. The summed E-state index contributed by atoms with van der Waals surface area (Å²) in [5.41, 5.74) is 6.76. The lowest BCUT2D eigenvalue weighted by Gasteiger charge is -2.30. The summed E-state index contributed by atoms with van der Waals surface area (Å²) in [7, 11) is 3.81. The second-order valence-corrected chi connectivity index (χ2v) is 8.61. The summed E-state index contributed by atoms with van der Waals surface area (Å²) in [6.45, 7) is 7.80. The Morgan fingerprint density at radius 1 is 1.16 bits per heavy atom. The molecule has 5 nitrogen and oxygen atoms in total. The number of ether oxygens (including phenoxy) is 1. The number of benzene rings is 2. The lowest BCUT2D eigenvalue weighted by molar-refractivity contribution is 0.0733. The summed E-state index contributed by atoms with van der Waals surface area (Å²) in [6, 6.07) is 10.0. The molecule has 2 heterocycles. The normalized spacial score (nSPS) is 13.8. The van der Waals surface area contributed by atoms with Gasteiger partial charge in [0.25, 0.3) is 5.91 Å². The Balaban J connectivity index is 1.27. The molecule has 1 aliphatic heterocycles. The fourth-order valence-corrected chi connectivity index (χ4v) is 4.47. The second-order valence-electron chi connectivity index (χ2n) is 8.61. The van der Waals surface area contributed by atoms with E-state index >= 15 is 0 Å². The maximum atomic E-state index is 12.9. The molecule has 0 radical (unpaired) electrons. The van der Waals surface area contributed by atoms with Crippen molar-refractivity contribution in [3.05, 3.63) is 64.4 Å². The van der Waals surface area contributed by atoms with Gasteiger partial charge in [-0.05, 0) is 87.2 Å². The highest BCUT2D eigenvalue weighted by molar-refractivity contribution is 5.97. The zero-order valence-corrected chi connectivity index (χ0v) is 19.0. The van der Waals surface area contributed by atoms with Crippen LogP contribution in [0.25, 0.3) is 11.0 Å². The minimum Gasteiger partial charge on any atom is -0.497 e. The van der Waals surface area contributed by atoms with Crippen molar-refractivity contribution in [1.82, 2.24) is 9.80 Å². The number of furan rings is 1. The molecule has 0 saturated heterocycles. The lowest BCUT2D eigenvalue weighted by atomic mass is 9.91. The number of amides is 1. The van der Waals surface area contributed by atoms with Crippen LogP contribution in [-0.2, 0) is 12.8 Å². The number of nitrogens with zero attached hydrogens (tertiary/aromatic N) is 2. The van der Waals surface area contributed by atoms with E-state index in [1.165, 1.54) is 22.3 Å². The summed E-state index contributed by atoms with van der Waals surface area (Å²) in [5.74, 6) is 0.998. The van der Waals surface area contributed by atoms with Gasteiger partial charge in [0, 0.05) is 36.7 Å². The van der Waals surface area contributed by atoms with Crippen LogP contribution in [0.2, 0.25) is 0 Å². The van der Waals surface area contributed by atoms with Crippen LogP contribution >= 0.6 is 0 Å². The molecular weight excluding hydrogens is 388 g/mol. The molecule has 31 heavy (non-hydrogen) atoms. The number of carbonyl (C=O) groups is 1. The molecule has 2 aromatic carbocycles. The van der Waals surface area contributed by atoms with Gasteiger partial charge in [0.05, 0.1) is 13.4 Å². The molecule has 164 valence electrons. The van der Waals surface area contributed by atoms with Crippen LogP contribution in [0.3, 0.4) is 0 Å². The summed E-state index contributed by atoms with van der Waals surface area (Å²) >= 11 is 0. The molecule has 3 aromatic rings. The Hall–Kier alpha value is -2.79. The summed E-state index contributed by atoms with van der Waals surface area (Å²) in [6.07, 6.45) is 4.73. The SMILES string of the molecule is COc1ccc2c(CCN(C)CCCN3CCc4c(ccc(C)c4C)C3=O)coc2c1. The molecule has 0 saturated carbocycles. The standard InChI is InChI=1S/C26H32N2O3/c1-18-6-8-24-22(19(18)2)11-15-28(26(24)29)13-5-12-27(3)14-10-20-17-31-25-16-21(30-4)7-9-23(20)25/h6-9,16-17H,5,10-15H2,1-4H3. The summed E-state index contributed by atoms with van der Waals surface area (Å²) < 4.78 is 11.0. The van der Waals surface area contributed by atoms with E-state index in [0.717, 1.165) is 67.7 Å². The Labute approximate surface area is 184 Å². The number of methoxy groups -OCH3 is 1. The largest absolute Gasteiger partial charge is 0.497 e. The fraction of sp³-hybridized carbons (Fsp3) is 0.423. The van der Waals surface area contributed by atoms with Crippen LogP contribution in [0.15, 0.2) is 41.0 Å². The first-order chi connectivity index (χ1) is 15.0. The smallest absolute Gasteiger partial charge is 0.254 e. The van der Waals surface area contributed by atoms with E-state index in [2.05, 4.69) is 37.9 Å². The molecule has 5 heteroatoms. The lowest BCUT2D eigenvalue weighted by Crippen LogP contribution is -2.39. The van der Waals surface area contributed by atoms with Crippen molar-refractivity contribution < 1.29 is 13.9 Å². The number of rotatable bonds is 8. The van der Waals surface area contributed by atoms with Crippen molar-refractivity contribution in [3.8, 4) is 5.75 Å². The highest BCUT2D eigenvalue weighted by Crippen LogP contribution is 2.26. The highest BCUT2D eigenvalue weighted by Gasteiger charge is 2.25. The monoisotopic (exact) mass is 420 g/mol. The molecule has 0 atom stereocenters. The van der Waals surface area contributed by atoms with Crippen molar-refractivity contribution in [2.45, 2.75) is 33.1 Å². The molecule has 1 aromatic heterocycles. The Morgan fingerprint density at radius 3 is 2.81 bits per heavy atom. The first-order valence-electron chi connectivity index (χ1n) is 11.1. The van der Waals surface area contributed by atoms with E-state index in [4.69, 9.17) is 9.15 Å². The number of carbonyl (C=O) groups excluding carboxylic acids is 1. The number of hydrogen-bond acceptors (Lipinski definition) is 4. The molecule has 0 fully saturated rings. The van der Waals surface area contributed by atoms with Crippen LogP contribution in [-0.4, -0.2) is 56.0 Å². The van der Waals surface area contributed by atoms with Crippen LogP contribution in [0.5, 0.6) is 5.75 Å². The van der Waals surface area contributed by atoms with Gasteiger partial charge >= 0.3 is 0 Å².